The van der Waals surface area contributed by atoms with Gasteiger partial charge in [0.2, 0.25) is 10.0 Å². The quantitative estimate of drug-likeness (QED) is 0.532. The number of hydrogen-bond acceptors (Lipinski definition) is 7. The van der Waals surface area contributed by atoms with Crippen molar-refractivity contribution in [3.63, 3.8) is 0 Å². The molecule has 1 fully saturated rings. The Morgan fingerprint density at radius 1 is 1.21 bits per heavy atom. The van der Waals surface area contributed by atoms with Crippen LogP contribution >= 0.6 is 22.9 Å². The molecule has 9 nitrogen and oxygen atoms in total. The number of thiophene rings is 1. The van der Waals surface area contributed by atoms with Crippen LogP contribution in [0.3, 0.4) is 0 Å². The monoisotopic (exact) mass is 519 g/mol. The maximum atomic E-state index is 12.7. The van der Waals surface area contributed by atoms with Crippen molar-refractivity contribution in [1.29, 1.82) is 0 Å². The van der Waals surface area contributed by atoms with Gasteiger partial charge in [0.15, 0.2) is 0 Å². The molecule has 5 rings (SSSR count). The van der Waals surface area contributed by atoms with E-state index < -0.39 is 28.3 Å². The number of halogens is 1. The molecule has 0 unspecified atom stereocenters. The van der Waals surface area contributed by atoms with Gasteiger partial charge in [0, 0.05) is 5.56 Å². The van der Waals surface area contributed by atoms with E-state index in [1.54, 1.807) is 48.5 Å². The number of primary sulfonamides is 1. The molecule has 0 radical (unpaired) electrons. The first-order valence-corrected chi connectivity index (χ1v) is 12.9. The number of nitrogens with zero attached hydrogens (tertiary/aromatic N) is 1. The normalized spacial score (nSPS) is 19.1. The summed E-state index contributed by atoms with van der Waals surface area (Å²) in [6.45, 7) is 0.254. The van der Waals surface area contributed by atoms with Crippen molar-refractivity contribution in [1.82, 2.24) is 5.32 Å². The number of rotatable bonds is 5. The van der Waals surface area contributed by atoms with E-state index in [2.05, 4.69) is 5.32 Å². The van der Waals surface area contributed by atoms with Gasteiger partial charge in [-0.3, -0.25) is 9.69 Å². The van der Waals surface area contributed by atoms with Crippen LogP contribution in [-0.4, -0.2) is 45.7 Å². The third kappa shape index (κ3) is 4.11. The number of nitrogens with two attached hydrogens (primary N) is 1. The van der Waals surface area contributed by atoms with E-state index in [1.807, 2.05) is 0 Å². The topological polar surface area (TPSA) is 128 Å². The summed E-state index contributed by atoms with van der Waals surface area (Å²) >= 11 is 7.04. The lowest BCUT2D eigenvalue weighted by Crippen LogP contribution is -2.47. The molecule has 1 aromatic heterocycles. The summed E-state index contributed by atoms with van der Waals surface area (Å²) in [4.78, 5) is 26.9. The number of nitrogens with one attached hydrogen (secondary N) is 1. The zero-order valence-electron chi connectivity index (χ0n) is 17.4. The molecule has 34 heavy (non-hydrogen) atoms. The van der Waals surface area contributed by atoms with Gasteiger partial charge in [0.25, 0.3) is 5.91 Å². The van der Waals surface area contributed by atoms with Crippen LogP contribution in [0.4, 0.5) is 10.5 Å². The van der Waals surface area contributed by atoms with Crippen LogP contribution in [0.1, 0.15) is 9.67 Å². The predicted octanol–water partition coefficient (Wildman–Crippen LogP) is 3.23. The molecule has 12 heteroatoms. The molecular weight excluding hydrogens is 502 g/mol. The van der Waals surface area contributed by atoms with Crippen LogP contribution < -0.4 is 20.1 Å². The summed E-state index contributed by atoms with van der Waals surface area (Å²) in [6, 6.07) is 14.2. The second-order valence-electron chi connectivity index (χ2n) is 7.71. The fourth-order valence-corrected chi connectivity index (χ4v) is 5.76. The first-order valence-electron chi connectivity index (χ1n) is 10.1. The zero-order chi connectivity index (χ0) is 24.0. The van der Waals surface area contributed by atoms with Gasteiger partial charge in [0.1, 0.15) is 24.5 Å². The Morgan fingerprint density at radius 2 is 2.00 bits per heavy atom. The molecule has 2 aliphatic heterocycles. The molecule has 176 valence electrons. The highest BCUT2D eigenvalue weighted by atomic mass is 35.5. The molecule has 0 aliphatic carbocycles. The highest BCUT2D eigenvalue weighted by molar-refractivity contribution is 7.89. The number of anilines is 1. The molecule has 2 aromatic carbocycles. The van der Waals surface area contributed by atoms with E-state index in [-0.39, 0.29) is 24.0 Å². The number of cyclic esters (lactones) is 1. The Labute approximate surface area is 204 Å². The number of amides is 2. The zero-order valence-corrected chi connectivity index (χ0v) is 19.8. The minimum Gasteiger partial charge on any atom is -0.489 e. The van der Waals surface area contributed by atoms with E-state index in [9.17, 15) is 18.0 Å². The largest absolute Gasteiger partial charge is 0.489 e. The van der Waals surface area contributed by atoms with Gasteiger partial charge < -0.3 is 14.8 Å². The highest BCUT2D eigenvalue weighted by Gasteiger charge is 2.46. The van der Waals surface area contributed by atoms with Crippen molar-refractivity contribution >= 4 is 50.6 Å². The summed E-state index contributed by atoms with van der Waals surface area (Å²) in [5, 5.41) is 8.13. The van der Waals surface area contributed by atoms with E-state index in [0.29, 0.717) is 31.8 Å². The van der Waals surface area contributed by atoms with Gasteiger partial charge in [-0.1, -0.05) is 35.9 Å². The van der Waals surface area contributed by atoms with Crippen LogP contribution in [0.2, 0.25) is 4.34 Å². The Kier molecular flexibility index (Phi) is 5.72. The molecule has 2 aliphatic rings. The molecule has 2 atom stereocenters. The first kappa shape index (κ1) is 22.7. The lowest BCUT2D eigenvalue weighted by atomic mass is 10.0. The Morgan fingerprint density at radius 3 is 2.74 bits per heavy atom. The van der Waals surface area contributed by atoms with E-state index >= 15 is 0 Å². The van der Waals surface area contributed by atoms with Crippen molar-refractivity contribution in [2.24, 2.45) is 5.14 Å². The number of fused-ring (bicyclic) bond motifs is 3. The van der Waals surface area contributed by atoms with Crippen molar-refractivity contribution in [3.05, 3.63) is 63.8 Å². The van der Waals surface area contributed by atoms with Crippen molar-refractivity contribution < 1.29 is 27.5 Å². The van der Waals surface area contributed by atoms with Gasteiger partial charge in [-0.05, 0) is 35.9 Å². The number of ether oxygens (including phenoxy) is 2. The summed E-state index contributed by atoms with van der Waals surface area (Å²) in [6.07, 6.45) is -1.16. The Balaban J connectivity index is 1.37. The molecule has 3 aromatic rings. The van der Waals surface area contributed by atoms with Crippen molar-refractivity contribution in [2.75, 3.05) is 18.1 Å². The van der Waals surface area contributed by atoms with Crippen LogP contribution in [0.5, 0.6) is 5.75 Å². The lowest BCUT2D eigenvalue weighted by Gasteiger charge is -2.31. The molecule has 0 saturated carbocycles. The molecule has 3 N–H and O–H groups in total. The van der Waals surface area contributed by atoms with E-state index in [4.69, 9.17) is 26.2 Å². The SMILES string of the molecule is NS(=O)(=O)c1ccccc1-c1ccc2c(c1)OC[C@H]1[C@H](CNC(=O)c3ccc(Cl)s3)OC(=O)N21. The van der Waals surface area contributed by atoms with Gasteiger partial charge >= 0.3 is 6.09 Å². The van der Waals surface area contributed by atoms with Crippen LogP contribution in [-0.2, 0) is 14.8 Å². The third-order valence-corrected chi connectivity index (χ3v) is 7.80. The molecule has 2 amide bonds. The number of carbonyl (C=O) groups excluding carboxylic acids is 2. The maximum absolute atomic E-state index is 12.7. The molecule has 3 heterocycles. The maximum Gasteiger partial charge on any atom is 0.415 e. The van der Waals surface area contributed by atoms with Gasteiger partial charge in [-0.15, -0.1) is 11.3 Å². The third-order valence-electron chi connectivity index (χ3n) is 5.60. The summed E-state index contributed by atoms with van der Waals surface area (Å²) < 4.78 is 35.9. The van der Waals surface area contributed by atoms with Crippen molar-refractivity contribution in [2.45, 2.75) is 17.0 Å². The van der Waals surface area contributed by atoms with Crippen LogP contribution in [0.15, 0.2) is 59.5 Å². The fourth-order valence-electron chi connectivity index (χ4n) is 4.04. The summed E-state index contributed by atoms with van der Waals surface area (Å²) in [7, 11) is -3.93. The predicted molar refractivity (Wildman–Crippen MR) is 127 cm³/mol. The Bertz CT molecular complexity index is 1410. The van der Waals surface area contributed by atoms with E-state index in [1.165, 1.54) is 11.0 Å². The summed E-state index contributed by atoms with van der Waals surface area (Å²) in [5.41, 5.74) is 1.50. The number of hydrogen-bond donors (Lipinski definition) is 2. The second-order valence-corrected chi connectivity index (χ2v) is 11.0. The van der Waals surface area contributed by atoms with Gasteiger partial charge in [-0.2, -0.15) is 0 Å². The fraction of sp³-hybridized carbons (Fsp3) is 0.182. The Hall–Kier alpha value is -3.12. The number of sulfonamides is 1. The number of carbonyl (C=O) groups is 2. The standard InChI is InChI=1S/C22H18ClN3O6S2/c23-20-8-7-18(33-20)21(27)25-10-17-15-11-31-16-9-12(5-6-14(16)26(15)22(28)32-17)13-3-1-2-4-19(13)34(24,29)30/h1-9,15,17H,10-11H2,(H,25,27)(H2,24,29,30)/t15-,17-/m0/s1. The lowest BCUT2D eigenvalue weighted by molar-refractivity contribution is 0.0890. The average molecular weight is 520 g/mol. The summed E-state index contributed by atoms with van der Waals surface area (Å²) in [5.74, 6) is 0.106. The van der Waals surface area contributed by atoms with Crippen LogP contribution in [0, 0.1) is 0 Å². The minimum absolute atomic E-state index is 0.00736. The average Bonchev–Trinajstić information content (AvgIpc) is 3.39. The number of benzene rings is 2. The highest BCUT2D eigenvalue weighted by Crippen LogP contribution is 2.41. The second kappa shape index (κ2) is 8.58. The van der Waals surface area contributed by atoms with Gasteiger partial charge in [-0.25, -0.2) is 18.4 Å². The molecule has 1 saturated heterocycles. The molecule has 0 spiro atoms. The van der Waals surface area contributed by atoms with E-state index in [0.717, 1.165) is 11.3 Å². The molecular formula is C22H18ClN3O6S2. The van der Waals surface area contributed by atoms with Crippen LogP contribution in [0.25, 0.3) is 11.1 Å². The first-order chi connectivity index (χ1) is 16.2. The smallest absolute Gasteiger partial charge is 0.415 e. The molecule has 0 bridgehead atoms. The van der Waals surface area contributed by atoms with Crippen molar-refractivity contribution in [3.8, 4) is 16.9 Å². The minimum atomic E-state index is -3.93. The van der Waals surface area contributed by atoms with Gasteiger partial charge in [0.05, 0.1) is 26.3 Å².